The van der Waals surface area contributed by atoms with E-state index in [2.05, 4.69) is 10.6 Å². The Hall–Kier alpha value is -2.08. The van der Waals surface area contributed by atoms with Gasteiger partial charge in [0.25, 0.3) is 0 Å². The van der Waals surface area contributed by atoms with Gasteiger partial charge in [0, 0.05) is 10.7 Å². The number of amides is 2. The molecule has 0 unspecified atom stereocenters. The van der Waals surface area contributed by atoms with Crippen molar-refractivity contribution in [3.8, 4) is 0 Å². The van der Waals surface area contributed by atoms with Crippen molar-refractivity contribution >= 4 is 46.4 Å². The largest absolute Gasteiger partial charge is 0.324 e. The number of benzene rings is 2. The number of carbonyl (C=O) groups excluding carboxylic acids is 2. The van der Waals surface area contributed by atoms with Gasteiger partial charge in [-0.05, 0) is 56.1 Å². The molecule has 28 heavy (non-hydrogen) atoms. The highest BCUT2D eigenvalue weighted by atomic mass is 35.5. The highest BCUT2D eigenvalue weighted by molar-refractivity contribution is 6.35. The topological polar surface area (TPSA) is 61.4 Å². The molecule has 0 bridgehead atoms. The molecule has 2 rings (SSSR count). The molecule has 150 valence electrons. The van der Waals surface area contributed by atoms with Crippen molar-refractivity contribution < 1.29 is 9.59 Å². The summed E-state index contributed by atoms with van der Waals surface area (Å²) < 4.78 is 0. The van der Waals surface area contributed by atoms with Crippen LogP contribution in [0.1, 0.15) is 24.5 Å². The molecule has 2 aromatic carbocycles. The zero-order valence-corrected chi connectivity index (χ0v) is 17.8. The van der Waals surface area contributed by atoms with E-state index >= 15 is 0 Å². The molecule has 0 saturated carbocycles. The van der Waals surface area contributed by atoms with Crippen LogP contribution in [0.15, 0.2) is 36.4 Å². The highest BCUT2D eigenvalue weighted by Gasteiger charge is 2.16. The minimum Gasteiger partial charge on any atom is -0.324 e. The van der Waals surface area contributed by atoms with Crippen molar-refractivity contribution in [2.75, 3.05) is 30.3 Å². The first-order valence-corrected chi connectivity index (χ1v) is 9.89. The van der Waals surface area contributed by atoms with E-state index in [0.717, 1.165) is 23.2 Å². The molecule has 5 nitrogen and oxygen atoms in total. The summed E-state index contributed by atoms with van der Waals surface area (Å²) in [6.07, 6.45) is 0.821. The Morgan fingerprint density at radius 3 is 2.18 bits per heavy atom. The van der Waals surface area contributed by atoms with Gasteiger partial charge in [-0.1, -0.05) is 48.3 Å². The Morgan fingerprint density at radius 2 is 1.57 bits per heavy atom. The second-order valence-electron chi connectivity index (χ2n) is 6.70. The fraction of sp³-hybridized carbons (Fsp3) is 0.333. The standard InChI is InChI=1S/C21H25Cl2N3O2/c1-4-10-26(12-19(27)24-18-11-16(22)8-9-17(18)23)13-20(28)25-21-14(2)6-5-7-15(21)3/h5-9,11H,4,10,12-13H2,1-3H3,(H,24,27)(H,25,28). The first kappa shape index (κ1) is 22.2. The fourth-order valence-electron chi connectivity index (χ4n) is 2.91. The maximum Gasteiger partial charge on any atom is 0.238 e. The number of nitrogens with zero attached hydrogens (tertiary/aromatic N) is 1. The van der Waals surface area contributed by atoms with Gasteiger partial charge in [0.05, 0.1) is 23.8 Å². The van der Waals surface area contributed by atoms with Crippen molar-refractivity contribution in [2.45, 2.75) is 27.2 Å². The lowest BCUT2D eigenvalue weighted by atomic mass is 10.1. The summed E-state index contributed by atoms with van der Waals surface area (Å²) in [5.41, 5.74) is 3.28. The van der Waals surface area contributed by atoms with Crippen molar-refractivity contribution in [1.29, 1.82) is 0 Å². The molecule has 2 N–H and O–H groups in total. The van der Waals surface area contributed by atoms with E-state index in [1.54, 1.807) is 23.1 Å². The Labute approximate surface area is 176 Å². The van der Waals surface area contributed by atoms with E-state index in [1.165, 1.54) is 0 Å². The van der Waals surface area contributed by atoms with Crippen LogP contribution in [0, 0.1) is 13.8 Å². The van der Waals surface area contributed by atoms with Gasteiger partial charge in [-0.3, -0.25) is 14.5 Å². The second-order valence-corrected chi connectivity index (χ2v) is 7.54. The minimum atomic E-state index is -0.252. The molecule has 0 aliphatic heterocycles. The van der Waals surface area contributed by atoms with Crippen LogP contribution in [0.3, 0.4) is 0 Å². The third kappa shape index (κ3) is 6.51. The Morgan fingerprint density at radius 1 is 0.964 bits per heavy atom. The fourth-order valence-corrected chi connectivity index (χ4v) is 3.25. The number of hydrogen-bond acceptors (Lipinski definition) is 3. The van der Waals surface area contributed by atoms with E-state index in [0.29, 0.717) is 22.3 Å². The average Bonchev–Trinajstić information content (AvgIpc) is 2.61. The van der Waals surface area contributed by atoms with Gasteiger partial charge in [-0.15, -0.1) is 0 Å². The van der Waals surface area contributed by atoms with Gasteiger partial charge < -0.3 is 10.6 Å². The molecule has 0 atom stereocenters. The third-order valence-corrected chi connectivity index (χ3v) is 4.79. The number of aryl methyl sites for hydroxylation is 2. The Balaban J connectivity index is 1.99. The highest BCUT2D eigenvalue weighted by Crippen LogP contribution is 2.25. The van der Waals surface area contributed by atoms with E-state index in [9.17, 15) is 9.59 Å². The predicted octanol–water partition coefficient (Wildman–Crippen LogP) is 4.90. The lowest BCUT2D eigenvalue weighted by Crippen LogP contribution is -2.39. The number of carbonyl (C=O) groups is 2. The van der Waals surface area contributed by atoms with Crippen LogP contribution in [0.5, 0.6) is 0 Å². The maximum atomic E-state index is 12.5. The predicted molar refractivity (Wildman–Crippen MR) is 116 cm³/mol. The summed E-state index contributed by atoms with van der Waals surface area (Å²) in [7, 11) is 0. The molecule has 0 spiro atoms. The zero-order chi connectivity index (χ0) is 20.7. The smallest absolute Gasteiger partial charge is 0.238 e. The molecule has 0 aromatic heterocycles. The summed E-state index contributed by atoms with van der Waals surface area (Å²) in [6, 6.07) is 10.7. The molecule has 7 heteroatoms. The van der Waals surface area contributed by atoms with Crippen LogP contribution in [0.2, 0.25) is 10.0 Å². The SMILES string of the molecule is CCCN(CC(=O)Nc1cc(Cl)ccc1Cl)CC(=O)Nc1c(C)cccc1C. The average molecular weight is 422 g/mol. The lowest BCUT2D eigenvalue weighted by molar-refractivity contribution is -0.120. The van der Waals surface area contributed by atoms with Crippen LogP contribution in [0.25, 0.3) is 0 Å². The van der Waals surface area contributed by atoms with E-state index in [4.69, 9.17) is 23.2 Å². The molecule has 0 aliphatic carbocycles. The number of anilines is 2. The second kappa shape index (κ2) is 10.5. The van der Waals surface area contributed by atoms with Gasteiger partial charge in [0.1, 0.15) is 0 Å². The van der Waals surface area contributed by atoms with Crippen molar-refractivity contribution in [2.24, 2.45) is 0 Å². The Bertz CT molecular complexity index is 835. The molecule has 2 amide bonds. The molecule has 2 aromatic rings. The van der Waals surface area contributed by atoms with E-state index in [-0.39, 0.29) is 24.9 Å². The van der Waals surface area contributed by atoms with Crippen LogP contribution in [-0.2, 0) is 9.59 Å². The molecular formula is C21H25Cl2N3O2. The van der Waals surface area contributed by atoms with Gasteiger partial charge in [0.15, 0.2) is 0 Å². The quantitative estimate of drug-likeness (QED) is 0.636. The van der Waals surface area contributed by atoms with Gasteiger partial charge in [-0.2, -0.15) is 0 Å². The van der Waals surface area contributed by atoms with Crippen LogP contribution in [0.4, 0.5) is 11.4 Å². The van der Waals surface area contributed by atoms with Crippen LogP contribution >= 0.6 is 23.2 Å². The van der Waals surface area contributed by atoms with Crippen molar-refractivity contribution in [3.05, 3.63) is 57.6 Å². The summed E-state index contributed by atoms with van der Waals surface area (Å²) >= 11 is 12.0. The molecule has 0 fully saturated rings. The molecule has 0 heterocycles. The molecule has 0 saturated heterocycles. The zero-order valence-electron chi connectivity index (χ0n) is 16.3. The summed E-state index contributed by atoms with van der Waals surface area (Å²) in [4.78, 5) is 26.7. The van der Waals surface area contributed by atoms with E-state index < -0.39 is 0 Å². The molecule has 0 radical (unpaired) electrons. The van der Waals surface area contributed by atoms with Crippen LogP contribution < -0.4 is 10.6 Å². The molecule has 0 aliphatic rings. The number of para-hydroxylation sites is 1. The Kier molecular flexibility index (Phi) is 8.30. The number of nitrogens with one attached hydrogen (secondary N) is 2. The van der Waals surface area contributed by atoms with Gasteiger partial charge >= 0.3 is 0 Å². The normalized spacial score (nSPS) is 10.8. The first-order chi connectivity index (χ1) is 13.3. The van der Waals surface area contributed by atoms with E-state index in [1.807, 2.05) is 39.0 Å². The van der Waals surface area contributed by atoms with Crippen LogP contribution in [-0.4, -0.2) is 36.3 Å². The summed E-state index contributed by atoms with van der Waals surface area (Å²) in [6.45, 7) is 6.73. The van der Waals surface area contributed by atoms with Gasteiger partial charge in [-0.25, -0.2) is 0 Å². The maximum absolute atomic E-state index is 12.5. The van der Waals surface area contributed by atoms with Crippen molar-refractivity contribution in [1.82, 2.24) is 4.90 Å². The first-order valence-electron chi connectivity index (χ1n) is 9.13. The summed E-state index contributed by atoms with van der Waals surface area (Å²) in [5, 5.41) is 6.60. The lowest BCUT2D eigenvalue weighted by Gasteiger charge is -2.21. The third-order valence-electron chi connectivity index (χ3n) is 4.22. The number of hydrogen-bond donors (Lipinski definition) is 2. The minimum absolute atomic E-state index is 0.0802. The molecular weight excluding hydrogens is 397 g/mol. The van der Waals surface area contributed by atoms with Gasteiger partial charge in [0.2, 0.25) is 11.8 Å². The summed E-state index contributed by atoms with van der Waals surface area (Å²) in [5.74, 6) is -0.406. The number of rotatable bonds is 8. The van der Waals surface area contributed by atoms with Crippen molar-refractivity contribution in [3.63, 3.8) is 0 Å². The number of halogens is 2. The monoisotopic (exact) mass is 421 g/mol.